The maximum absolute atomic E-state index is 12.4. The Morgan fingerprint density at radius 1 is 0.757 bits per heavy atom. The van der Waals surface area contributed by atoms with Crippen molar-refractivity contribution in [3.63, 3.8) is 0 Å². The number of nitrogens with zero attached hydrogens (tertiary/aromatic N) is 4. The quantitative estimate of drug-likeness (QED) is 0.327. The van der Waals surface area contributed by atoms with Crippen molar-refractivity contribution in [3.8, 4) is 0 Å². The number of ketones is 1. The fourth-order valence-corrected chi connectivity index (χ4v) is 5.75. The van der Waals surface area contributed by atoms with Crippen LogP contribution in [0.15, 0.2) is 72.8 Å². The maximum Gasteiger partial charge on any atom is 0.230 e. The first-order valence-corrected chi connectivity index (χ1v) is 13.5. The van der Waals surface area contributed by atoms with Crippen molar-refractivity contribution in [2.75, 3.05) is 5.32 Å². The van der Waals surface area contributed by atoms with E-state index in [1.807, 2.05) is 72.8 Å². The number of carbonyl (C=O) groups excluding carboxylic acids is 2. The first kappa shape index (κ1) is 24.9. The molecule has 2 aromatic heterocycles. The molecule has 37 heavy (non-hydrogen) atoms. The molecule has 2 heterocycles. The molecule has 0 aliphatic heterocycles. The normalized spacial score (nSPS) is 17.3. The molecule has 1 saturated carbocycles. The first-order valence-electron chi connectivity index (χ1n) is 12.7. The van der Waals surface area contributed by atoms with Gasteiger partial charge in [0.2, 0.25) is 11.0 Å². The second-order valence-electron chi connectivity index (χ2n) is 9.54. The van der Waals surface area contributed by atoms with Gasteiger partial charge in [-0.05, 0) is 42.5 Å². The number of Topliss-reactive ketones (excluding diaryl/α,β-unsaturated/α-hetero) is 1. The molecule has 2 aromatic carbocycles. The molecule has 1 fully saturated rings. The second-order valence-corrected chi connectivity index (χ2v) is 10.6. The number of hydrogen-bond donors (Lipinski definition) is 1. The Bertz CT molecular complexity index is 1330. The van der Waals surface area contributed by atoms with Crippen LogP contribution in [0.5, 0.6) is 0 Å². The summed E-state index contributed by atoms with van der Waals surface area (Å²) in [5.74, 6) is 0.618. The predicted octanol–water partition coefficient (Wildman–Crippen LogP) is 5.31. The number of nitrogens with one attached hydrogen (secondary N) is 1. The Balaban J connectivity index is 1.15. The monoisotopic (exact) mass is 511 g/mol. The van der Waals surface area contributed by atoms with Crippen LogP contribution in [0.4, 0.5) is 5.13 Å². The van der Waals surface area contributed by atoms with Crippen LogP contribution >= 0.6 is 11.3 Å². The lowest BCUT2D eigenvalue weighted by Gasteiger charge is -2.27. The van der Waals surface area contributed by atoms with E-state index >= 15 is 0 Å². The average Bonchev–Trinajstić information content (AvgIpc) is 3.38. The molecule has 1 aliphatic rings. The number of benzene rings is 2. The van der Waals surface area contributed by atoms with E-state index in [1.54, 1.807) is 0 Å². The van der Waals surface area contributed by atoms with Crippen LogP contribution in [0.1, 0.15) is 65.0 Å². The molecular formula is C29H29N5O2S. The van der Waals surface area contributed by atoms with E-state index in [0.717, 1.165) is 47.5 Å². The lowest BCUT2D eigenvalue weighted by Crippen LogP contribution is -2.15. The Kier molecular flexibility index (Phi) is 8.05. The summed E-state index contributed by atoms with van der Waals surface area (Å²) in [4.78, 5) is 24.8. The maximum atomic E-state index is 12.4. The van der Waals surface area contributed by atoms with Gasteiger partial charge in [-0.15, -0.1) is 10.2 Å². The molecule has 1 amide bonds. The molecule has 1 aliphatic carbocycles. The number of amides is 1. The van der Waals surface area contributed by atoms with Crippen molar-refractivity contribution in [2.24, 2.45) is 0 Å². The lowest BCUT2D eigenvalue weighted by atomic mass is 9.80. The zero-order chi connectivity index (χ0) is 25.5. The molecule has 8 heteroatoms. The first-order chi connectivity index (χ1) is 18.1. The second kappa shape index (κ2) is 12.0. The summed E-state index contributed by atoms with van der Waals surface area (Å²) in [6, 6.07) is 23.4. The van der Waals surface area contributed by atoms with E-state index < -0.39 is 0 Å². The minimum absolute atomic E-state index is 0.0898. The van der Waals surface area contributed by atoms with E-state index in [1.165, 1.54) is 11.3 Å². The third-order valence-electron chi connectivity index (χ3n) is 6.70. The van der Waals surface area contributed by atoms with E-state index in [9.17, 15) is 9.59 Å². The molecular weight excluding hydrogens is 482 g/mol. The van der Waals surface area contributed by atoms with Crippen LogP contribution in [-0.2, 0) is 28.9 Å². The topological polar surface area (TPSA) is 97.7 Å². The highest BCUT2D eigenvalue weighted by Gasteiger charge is 2.28. The van der Waals surface area contributed by atoms with Crippen LogP contribution in [-0.4, -0.2) is 32.1 Å². The van der Waals surface area contributed by atoms with Gasteiger partial charge in [0.25, 0.3) is 0 Å². The van der Waals surface area contributed by atoms with Crippen LogP contribution < -0.4 is 5.32 Å². The SMILES string of the molecule is O=C(Cc1ccccc1)Cc1ccc([C@H]2CCC[C@H](c3nnc(NC(=O)Cc4ccccc4)s3)C2)nn1. The Morgan fingerprint density at radius 3 is 2.16 bits per heavy atom. The summed E-state index contributed by atoms with van der Waals surface area (Å²) in [6.07, 6.45) is 5.11. The molecule has 0 bridgehead atoms. The molecule has 1 N–H and O–H groups in total. The Morgan fingerprint density at radius 2 is 1.46 bits per heavy atom. The summed E-state index contributed by atoms with van der Waals surface area (Å²) in [5, 5.41) is 21.8. The lowest BCUT2D eigenvalue weighted by molar-refractivity contribution is -0.118. The fraction of sp³-hybridized carbons (Fsp3) is 0.310. The summed E-state index contributed by atoms with van der Waals surface area (Å²) < 4.78 is 0. The molecule has 7 nitrogen and oxygen atoms in total. The Hall–Kier alpha value is -3.78. The number of aromatic nitrogens is 4. The molecule has 0 unspecified atom stereocenters. The largest absolute Gasteiger partial charge is 0.300 e. The van der Waals surface area contributed by atoms with Gasteiger partial charge in [0.05, 0.1) is 24.2 Å². The smallest absolute Gasteiger partial charge is 0.230 e. The molecule has 4 aromatic rings. The highest BCUT2D eigenvalue weighted by Crippen LogP contribution is 2.41. The van der Waals surface area contributed by atoms with Gasteiger partial charge < -0.3 is 5.32 Å². The molecule has 2 atom stereocenters. The number of anilines is 1. The van der Waals surface area contributed by atoms with Crippen molar-refractivity contribution in [3.05, 3.63) is 100 Å². The number of rotatable bonds is 9. The van der Waals surface area contributed by atoms with E-state index in [4.69, 9.17) is 0 Å². The van der Waals surface area contributed by atoms with Crippen LogP contribution in [0.3, 0.4) is 0 Å². The van der Waals surface area contributed by atoms with E-state index in [-0.39, 0.29) is 17.6 Å². The van der Waals surface area contributed by atoms with Crippen molar-refractivity contribution in [2.45, 2.75) is 56.8 Å². The standard InChI is InChI=1S/C29H29N5O2S/c35-25(16-20-8-3-1-4-9-20)19-24-14-15-26(32-31-24)22-12-7-13-23(18-22)28-33-34-29(37-28)30-27(36)17-21-10-5-2-6-11-21/h1-6,8-11,14-15,22-23H,7,12-13,16-19H2,(H,30,34,36)/t22-,23-/m0/s1. The third kappa shape index (κ3) is 6.92. The minimum Gasteiger partial charge on any atom is -0.300 e. The van der Waals surface area contributed by atoms with Crippen molar-refractivity contribution in [1.29, 1.82) is 0 Å². The number of hydrogen-bond acceptors (Lipinski definition) is 7. The molecule has 5 rings (SSSR count). The Labute approximate surface area is 220 Å². The summed E-state index contributed by atoms with van der Waals surface area (Å²) in [6.45, 7) is 0. The molecule has 0 saturated heterocycles. The zero-order valence-corrected chi connectivity index (χ0v) is 21.4. The van der Waals surface area contributed by atoms with Gasteiger partial charge in [0, 0.05) is 18.3 Å². The van der Waals surface area contributed by atoms with Crippen molar-refractivity contribution < 1.29 is 9.59 Å². The highest BCUT2D eigenvalue weighted by molar-refractivity contribution is 7.15. The van der Waals surface area contributed by atoms with Gasteiger partial charge in [0.1, 0.15) is 10.8 Å². The predicted molar refractivity (Wildman–Crippen MR) is 144 cm³/mol. The van der Waals surface area contributed by atoms with E-state index in [2.05, 4.69) is 25.7 Å². The average molecular weight is 512 g/mol. The summed E-state index contributed by atoms with van der Waals surface area (Å²) >= 11 is 1.46. The van der Waals surface area contributed by atoms with E-state index in [0.29, 0.717) is 36.0 Å². The molecule has 188 valence electrons. The van der Waals surface area contributed by atoms with Crippen molar-refractivity contribution in [1.82, 2.24) is 20.4 Å². The minimum atomic E-state index is -0.0898. The zero-order valence-electron chi connectivity index (χ0n) is 20.5. The van der Waals surface area contributed by atoms with Gasteiger partial charge in [-0.2, -0.15) is 10.2 Å². The van der Waals surface area contributed by atoms with Gasteiger partial charge in [0.15, 0.2) is 0 Å². The third-order valence-corrected chi connectivity index (χ3v) is 7.70. The van der Waals surface area contributed by atoms with Crippen LogP contribution in [0, 0.1) is 0 Å². The van der Waals surface area contributed by atoms with Crippen LogP contribution in [0.25, 0.3) is 0 Å². The molecule has 0 spiro atoms. The summed E-state index contributed by atoms with van der Waals surface area (Å²) in [7, 11) is 0. The van der Waals surface area contributed by atoms with Gasteiger partial charge in [-0.1, -0.05) is 78.4 Å². The van der Waals surface area contributed by atoms with Gasteiger partial charge in [-0.3, -0.25) is 9.59 Å². The van der Waals surface area contributed by atoms with Crippen LogP contribution in [0.2, 0.25) is 0 Å². The molecule has 0 radical (unpaired) electrons. The highest BCUT2D eigenvalue weighted by atomic mass is 32.1. The van der Waals surface area contributed by atoms with Gasteiger partial charge >= 0.3 is 0 Å². The number of carbonyl (C=O) groups is 2. The summed E-state index contributed by atoms with van der Waals surface area (Å²) in [5.41, 5.74) is 3.65. The van der Waals surface area contributed by atoms with Gasteiger partial charge in [-0.25, -0.2) is 0 Å². The fourth-order valence-electron chi connectivity index (χ4n) is 4.85. The van der Waals surface area contributed by atoms with Crippen molar-refractivity contribution >= 4 is 28.2 Å².